The normalized spacial score (nSPS) is 12.5. The number of primary amides is 1. The van der Waals surface area contributed by atoms with Gasteiger partial charge in [0.25, 0.3) is 0 Å². The molecule has 0 aliphatic carbocycles. The van der Waals surface area contributed by atoms with Gasteiger partial charge in [-0.05, 0) is 66.1 Å². The average Bonchev–Trinajstić information content (AvgIpc) is 3.18. The molecule has 13 heteroatoms. The Morgan fingerprint density at radius 1 is 0.561 bits per heavy atom. The van der Waals surface area contributed by atoms with Crippen molar-refractivity contribution < 1.29 is 44.0 Å². The number of nitrogens with two attached hydrogens (primary N) is 1. The number of carbonyl (C=O) groups is 5. The van der Waals surface area contributed by atoms with Crippen LogP contribution in [-0.2, 0) is 36.8 Å². The van der Waals surface area contributed by atoms with Crippen molar-refractivity contribution in [2.75, 3.05) is 0 Å². The van der Waals surface area contributed by atoms with E-state index in [4.69, 9.17) is 10.5 Å². The van der Waals surface area contributed by atoms with Gasteiger partial charge in [0, 0.05) is 19.3 Å². The number of carboxylic acid groups (broad SMARTS) is 1. The smallest absolute Gasteiger partial charge is 0.326 e. The van der Waals surface area contributed by atoms with Gasteiger partial charge in [0.05, 0.1) is 6.42 Å². The van der Waals surface area contributed by atoms with Gasteiger partial charge in [0.15, 0.2) is 0 Å². The highest BCUT2D eigenvalue weighted by Gasteiger charge is 2.31. The molecular formula is C44H60N4O9. The number of rotatable bonds is 28. The second-order valence-corrected chi connectivity index (χ2v) is 14.6. The third-order valence-corrected chi connectivity index (χ3v) is 9.62. The van der Waals surface area contributed by atoms with Crippen molar-refractivity contribution in [3.05, 3.63) is 83.9 Å². The maximum atomic E-state index is 13.7. The molecule has 3 atom stereocenters. The van der Waals surface area contributed by atoms with E-state index >= 15 is 0 Å². The first-order valence-corrected chi connectivity index (χ1v) is 20.2. The molecule has 0 saturated carbocycles. The van der Waals surface area contributed by atoms with Gasteiger partial charge < -0.3 is 41.7 Å². The Morgan fingerprint density at radius 3 is 1.46 bits per heavy atom. The highest BCUT2D eigenvalue weighted by molar-refractivity contribution is 5.95. The summed E-state index contributed by atoms with van der Waals surface area (Å²) in [5, 5.41) is 36.8. The van der Waals surface area contributed by atoms with Crippen LogP contribution in [0.15, 0.2) is 72.8 Å². The number of ether oxygens (including phenoxy) is 1. The molecule has 3 aromatic rings. The zero-order valence-electron chi connectivity index (χ0n) is 33.0. The molecule has 13 nitrogen and oxygen atoms in total. The molecule has 57 heavy (non-hydrogen) atoms. The number of phenols is 2. The highest BCUT2D eigenvalue weighted by atomic mass is 16.5. The summed E-state index contributed by atoms with van der Waals surface area (Å²) in [7, 11) is 0. The van der Waals surface area contributed by atoms with Gasteiger partial charge in [-0.1, -0.05) is 108 Å². The molecule has 0 aliphatic rings. The Balaban J connectivity index is 1.56. The fourth-order valence-electron chi connectivity index (χ4n) is 6.38. The number of aliphatic carboxylic acids is 1. The van der Waals surface area contributed by atoms with Crippen molar-refractivity contribution in [3.63, 3.8) is 0 Å². The fraction of sp³-hybridized carbons (Fsp3) is 0.477. The molecule has 0 bridgehead atoms. The minimum Gasteiger partial charge on any atom is -0.508 e. The van der Waals surface area contributed by atoms with Crippen LogP contribution in [0, 0.1) is 0 Å². The summed E-state index contributed by atoms with van der Waals surface area (Å²) >= 11 is 0. The lowest BCUT2D eigenvalue weighted by molar-refractivity contribution is -0.142. The van der Waals surface area contributed by atoms with E-state index in [1.54, 1.807) is 48.5 Å². The lowest BCUT2D eigenvalue weighted by atomic mass is 10.0. The second-order valence-electron chi connectivity index (χ2n) is 14.6. The fourth-order valence-corrected chi connectivity index (χ4v) is 6.38. The van der Waals surface area contributed by atoms with Crippen LogP contribution in [-0.4, -0.2) is 63.0 Å². The molecule has 0 fully saturated rings. The van der Waals surface area contributed by atoms with Crippen LogP contribution in [0.2, 0.25) is 0 Å². The van der Waals surface area contributed by atoms with E-state index in [9.17, 15) is 39.3 Å². The summed E-state index contributed by atoms with van der Waals surface area (Å²) in [5.74, 6) is -3.25. The maximum absolute atomic E-state index is 13.7. The molecule has 0 spiro atoms. The van der Waals surface area contributed by atoms with Crippen LogP contribution in [0.3, 0.4) is 0 Å². The number of carbonyl (C=O) groups excluding carboxylic acids is 4. The minimum absolute atomic E-state index is 0.0194. The van der Waals surface area contributed by atoms with Gasteiger partial charge in [-0.3, -0.25) is 19.2 Å². The molecule has 0 heterocycles. The number of nitrogens with one attached hydrogen (secondary N) is 3. The molecule has 0 aromatic heterocycles. The van der Waals surface area contributed by atoms with Crippen LogP contribution in [0.5, 0.6) is 23.0 Å². The van der Waals surface area contributed by atoms with Gasteiger partial charge in [-0.25, -0.2) is 4.79 Å². The van der Waals surface area contributed by atoms with Crippen molar-refractivity contribution in [2.45, 2.75) is 134 Å². The van der Waals surface area contributed by atoms with E-state index < -0.39 is 48.2 Å². The van der Waals surface area contributed by atoms with Crippen molar-refractivity contribution in [3.8, 4) is 23.0 Å². The molecule has 310 valence electrons. The molecular weight excluding hydrogens is 729 g/mol. The standard InChI is InChI=1S/C44H60N4O9/c1-2-3-4-5-6-7-8-9-10-11-12-13-14-15-41(52)46-37(28-31-16-20-33(49)21-17-31)42(53)47-38(30-40(45)51)43(54)48-39(44(55)56)29-32-18-24-35(25-19-32)57-36-26-22-34(50)23-27-36/h16-27,37-39,49-50H,2-15,28-30H2,1H3,(H2,45,51)(H,46,52)(H,47,53)(H,48,54)(H,55,56)/t37-,38-,39-/m0/s1. The number of amides is 4. The molecule has 0 radical (unpaired) electrons. The number of hydrogen-bond acceptors (Lipinski definition) is 8. The lowest BCUT2D eigenvalue weighted by Crippen LogP contribution is -2.57. The first-order chi connectivity index (χ1) is 27.4. The van der Waals surface area contributed by atoms with Crippen molar-refractivity contribution in [1.82, 2.24) is 16.0 Å². The van der Waals surface area contributed by atoms with Gasteiger partial charge in [0.1, 0.15) is 41.1 Å². The Hall–Kier alpha value is -5.59. The lowest BCUT2D eigenvalue weighted by Gasteiger charge is -2.24. The summed E-state index contributed by atoms with van der Waals surface area (Å²) in [5.41, 5.74) is 6.60. The number of aromatic hydroxyl groups is 2. The molecule has 3 rings (SSSR count). The number of benzene rings is 3. The van der Waals surface area contributed by atoms with Crippen molar-refractivity contribution >= 4 is 29.6 Å². The monoisotopic (exact) mass is 788 g/mol. The van der Waals surface area contributed by atoms with E-state index in [-0.39, 0.29) is 36.7 Å². The van der Waals surface area contributed by atoms with E-state index in [0.29, 0.717) is 29.0 Å². The zero-order chi connectivity index (χ0) is 41.4. The minimum atomic E-state index is -1.53. The van der Waals surface area contributed by atoms with Gasteiger partial charge in [0.2, 0.25) is 23.6 Å². The van der Waals surface area contributed by atoms with Gasteiger partial charge in [-0.15, -0.1) is 0 Å². The molecule has 3 aromatic carbocycles. The number of carboxylic acids is 1. The van der Waals surface area contributed by atoms with E-state index in [1.807, 2.05) is 0 Å². The SMILES string of the molecule is CCCCCCCCCCCCCCCC(=O)N[C@@H](Cc1ccc(O)cc1)C(=O)N[C@@H](CC(N)=O)C(=O)N[C@@H](Cc1ccc(Oc2ccc(O)cc2)cc1)C(=O)O. The quantitative estimate of drug-likeness (QED) is 0.0395. The maximum Gasteiger partial charge on any atom is 0.326 e. The second kappa shape index (κ2) is 25.5. The van der Waals surface area contributed by atoms with Crippen LogP contribution < -0.4 is 26.4 Å². The van der Waals surface area contributed by atoms with Crippen LogP contribution in [0.4, 0.5) is 0 Å². The Labute approximate surface area is 335 Å². The van der Waals surface area contributed by atoms with Crippen molar-refractivity contribution in [1.29, 1.82) is 0 Å². The summed E-state index contributed by atoms with van der Waals surface area (Å²) in [4.78, 5) is 64.4. The Bertz CT molecular complexity index is 1680. The van der Waals surface area contributed by atoms with Crippen LogP contribution in [0.1, 0.15) is 114 Å². The predicted octanol–water partition coefficient (Wildman–Crippen LogP) is 6.57. The summed E-state index contributed by atoms with van der Waals surface area (Å²) < 4.78 is 5.74. The highest BCUT2D eigenvalue weighted by Crippen LogP contribution is 2.24. The molecule has 8 N–H and O–H groups in total. The van der Waals surface area contributed by atoms with Crippen LogP contribution >= 0.6 is 0 Å². The first kappa shape index (κ1) is 45.8. The Morgan fingerprint density at radius 2 is 0.965 bits per heavy atom. The molecule has 0 unspecified atom stereocenters. The number of phenolic OH excluding ortho intramolecular Hbond substituents is 2. The third kappa shape index (κ3) is 18.7. The summed E-state index contributed by atoms with van der Waals surface area (Å²) in [6, 6.07) is 14.6. The first-order valence-electron chi connectivity index (χ1n) is 20.2. The van der Waals surface area contributed by atoms with Crippen LogP contribution in [0.25, 0.3) is 0 Å². The topological polar surface area (TPSA) is 217 Å². The molecule has 0 aliphatic heterocycles. The zero-order valence-corrected chi connectivity index (χ0v) is 33.0. The van der Waals surface area contributed by atoms with E-state index in [1.165, 1.54) is 82.1 Å². The van der Waals surface area contributed by atoms with Crippen molar-refractivity contribution in [2.24, 2.45) is 5.73 Å². The van der Waals surface area contributed by atoms with Gasteiger partial charge in [-0.2, -0.15) is 0 Å². The number of hydrogen-bond donors (Lipinski definition) is 7. The summed E-state index contributed by atoms with van der Waals surface area (Å²) in [6.45, 7) is 2.22. The average molecular weight is 789 g/mol. The summed E-state index contributed by atoms with van der Waals surface area (Å²) in [6.07, 6.45) is 14.6. The largest absolute Gasteiger partial charge is 0.508 e. The number of unbranched alkanes of at least 4 members (excludes halogenated alkanes) is 12. The van der Waals surface area contributed by atoms with Gasteiger partial charge >= 0.3 is 5.97 Å². The molecule has 4 amide bonds. The predicted molar refractivity (Wildman–Crippen MR) is 218 cm³/mol. The van der Waals surface area contributed by atoms with E-state index in [2.05, 4.69) is 22.9 Å². The third-order valence-electron chi connectivity index (χ3n) is 9.62. The Kier molecular flexibility index (Phi) is 20.5. The van der Waals surface area contributed by atoms with E-state index in [0.717, 1.165) is 19.3 Å². The molecule has 0 saturated heterocycles.